The molecule has 4 aromatic rings. The second-order valence-corrected chi connectivity index (χ2v) is 10.2. The van der Waals surface area contributed by atoms with Gasteiger partial charge in [-0.3, -0.25) is 19.5 Å². The minimum Gasteiger partial charge on any atom is -0.366 e. The molecule has 1 aromatic heterocycles. The van der Waals surface area contributed by atoms with Gasteiger partial charge < -0.3 is 11.1 Å². The van der Waals surface area contributed by atoms with Crippen LogP contribution in [0, 0.1) is 17.5 Å². The number of benzene rings is 3. The Labute approximate surface area is 236 Å². The van der Waals surface area contributed by atoms with Crippen LogP contribution in [0.15, 0.2) is 85.1 Å². The van der Waals surface area contributed by atoms with Crippen molar-refractivity contribution in [3.8, 4) is 11.1 Å². The van der Waals surface area contributed by atoms with Gasteiger partial charge >= 0.3 is 0 Å². The van der Waals surface area contributed by atoms with E-state index in [9.17, 15) is 22.8 Å². The van der Waals surface area contributed by atoms with Crippen molar-refractivity contribution in [3.05, 3.63) is 125 Å². The highest BCUT2D eigenvalue weighted by Crippen LogP contribution is 2.31. The van der Waals surface area contributed by atoms with Crippen molar-refractivity contribution in [2.75, 3.05) is 6.54 Å². The van der Waals surface area contributed by atoms with E-state index in [2.05, 4.69) is 15.2 Å². The second-order valence-electron chi connectivity index (χ2n) is 10.2. The third-order valence-corrected chi connectivity index (χ3v) is 7.28. The van der Waals surface area contributed by atoms with Crippen LogP contribution in [0.4, 0.5) is 13.2 Å². The number of aromatic nitrogens is 1. The lowest BCUT2D eigenvalue weighted by Crippen LogP contribution is -2.44. The fourth-order valence-electron chi connectivity index (χ4n) is 5.40. The summed E-state index contributed by atoms with van der Waals surface area (Å²) in [5.41, 5.74) is 7.88. The molecule has 1 aliphatic rings. The number of hydrogen-bond acceptors (Lipinski definition) is 4. The van der Waals surface area contributed by atoms with Gasteiger partial charge in [0, 0.05) is 24.4 Å². The minimum atomic E-state index is -0.922. The van der Waals surface area contributed by atoms with Gasteiger partial charge in [-0.1, -0.05) is 42.5 Å². The van der Waals surface area contributed by atoms with Crippen LogP contribution in [0.3, 0.4) is 0 Å². The Bertz CT molecular complexity index is 1540. The number of amides is 2. The molecule has 3 aromatic carbocycles. The molecular weight excluding hydrogens is 529 g/mol. The molecule has 1 aliphatic heterocycles. The van der Waals surface area contributed by atoms with Crippen LogP contribution in [-0.2, 0) is 17.8 Å². The highest BCUT2D eigenvalue weighted by molar-refractivity contribution is 5.94. The Morgan fingerprint density at radius 3 is 2.44 bits per heavy atom. The SMILES string of the molecule is NC(=O)c1cc(-c2cccnc2C(Cc2cc(F)cc(F)c2)NC(=O)C2CCCN2Cc2ccccc2)ccc1F. The topological polar surface area (TPSA) is 88.3 Å². The molecule has 1 fully saturated rings. The third kappa shape index (κ3) is 6.63. The van der Waals surface area contributed by atoms with Gasteiger partial charge in [0.2, 0.25) is 5.91 Å². The maximum atomic E-state index is 14.2. The predicted molar refractivity (Wildman–Crippen MR) is 149 cm³/mol. The number of nitrogens with one attached hydrogen (secondary N) is 1. The minimum absolute atomic E-state index is 0.0414. The molecule has 3 N–H and O–H groups in total. The van der Waals surface area contributed by atoms with Crippen LogP contribution >= 0.6 is 0 Å². The lowest BCUT2D eigenvalue weighted by Gasteiger charge is -2.27. The normalized spacial score (nSPS) is 15.9. The summed E-state index contributed by atoms with van der Waals surface area (Å²) in [6.45, 7) is 1.37. The van der Waals surface area contributed by atoms with Crippen molar-refractivity contribution in [1.29, 1.82) is 0 Å². The fraction of sp³-hybridized carbons (Fsp3) is 0.219. The molecule has 6 nitrogen and oxygen atoms in total. The van der Waals surface area contributed by atoms with E-state index in [4.69, 9.17) is 5.73 Å². The van der Waals surface area contributed by atoms with Gasteiger partial charge in [0.25, 0.3) is 5.91 Å². The summed E-state index contributed by atoms with van der Waals surface area (Å²) in [5, 5.41) is 3.08. The zero-order valence-electron chi connectivity index (χ0n) is 22.2. The van der Waals surface area contributed by atoms with Crippen molar-refractivity contribution in [2.24, 2.45) is 5.73 Å². The Morgan fingerprint density at radius 2 is 1.71 bits per heavy atom. The molecule has 2 atom stereocenters. The maximum Gasteiger partial charge on any atom is 0.251 e. The largest absolute Gasteiger partial charge is 0.366 e. The van der Waals surface area contributed by atoms with Crippen LogP contribution in [0.1, 0.15) is 46.1 Å². The van der Waals surface area contributed by atoms with Gasteiger partial charge in [0.05, 0.1) is 23.3 Å². The number of pyridine rings is 1. The van der Waals surface area contributed by atoms with Gasteiger partial charge in [0.15, 0.2) is 0 Å². The Balaban J connectivity index is 1.50. The van der Waals surface area contributed by atoms with Gasteiger partial charge in [-0.25, -0.2) is 13.2 Å². The summed E-state index contributed by atoms with van der Waals surface area (Å²) < 4.78 is 42.5. The van der Waals surface area contributed by atoms with Crippen LogP contribution in [0.25, 0.3) is 11.1 Å². The molecule has 210 valence electrons. The van der Waals surface area contributed by atoms with Crippen molar-refractivity contribution in [3.63, 3.8) is 0 Å². The van der Waals surface area contributed by atoms with E-state index in [-0.39, 0.29) is 17.9 Å². The summed E-state index contributed by atoms with van der Waals surface area (Å²) in [4.78, 5) is 32.2. The molecule has 5 rings (SSSR count). The molecule has 2 unspecified atom stereocenters. The van der Waals surface area contributed by atoms with Gasteiger partial charge in [-0.05, 0) is 72.8 Å². The predicted octanol–water partition coefficient (Wildman–Crippen LogP) is 5.33. The van der Waals surface area contributed by atoms with Crippen molar-refractivity contribution >= 4 is 11.8 Å². The number of carbonyl (C=O) groups is 2. The lowest BCUT2D eigenvalue weighted by atomic mass is 9.94. The molecule has 0 spiro atoms. The standard InChI is InChI=1S/C32H29F3N4O2/c33-23-14-21(15-24(34)18-23)16-28(38-32(41)29-9-5-13-39(29)19-20-6-2-1-3-7-20)30-25(8-4-12-37-30)22-10-11-27(35)26(17-22)31(36)40/h1-4,6-8,10-12,14-15,17-18,28-29H,5,9,13,16,19H2,(H2,36,40)(H,38,41). The number of rotatable bonds is 9. The first-order chi connectivity index (χ1) is 19.8. The number of nitrogens with zero attached hydrogens (tertiary/aromatic N) is 2. The van der Waals surface area contributed by atoms with E-state index in [0.717, 1.165) is 30.7 Å². The van der Waals surface area contributed by atoms with Gasteiger partial charge in [0.1, 0.15) is 17.5 Å². The zero-order valence-corrected chi connectivity index (χ0v) is 22.2. The van der Waals surface area contributed by atoms with E-state index in [1.807, 2.05) is 30.3 Å². The lowest BCUT2D eigenvalue weighted by molar-refractivity contribution is -0.126. The highest BCUT2D eigenvalue weighted by Gasteiger charge is 2.33. The third-order valence-electron chi connectivity index (χ3n) is 7.28. The smallest absolute Gasteiger partial charge is 0.251 e. The quantitative estimate of drug-likeness (QED) is 0.291. The monoisotopic (exact) mass is 558 g/mol. The van der Waals surface area contributed by atoms with Crippen molar-refractivity contribution in [2.45, 2.75) is 37.9 Å². The summed E-state index contributed by atoms with van der Waals surface area (Å²) >= 11 is 0. The number of primary amides is 1. The molecule has 2 heterocycles. The summed E-state index contributed by atoms with van der Waals surface area (Å²) in [6, 6.07) is 19.2. The zero-order chi connectivity index (χ0) is 28.9. The summed E-state index contributed by atoms with van der Waals surface area (Å²) in [6.07, 6.45) is 3.10. The van der Waals surface area contributed by atoms with Gasteiger partial charge in [-0.2, -0.15) is 0 Å². The van der Waals surface area contributed by atoms with Crippen LogP contribution in [0.5, 0.6) is 0 Å². The molecule has 0 bridgehead atoms. The first-order valence-electron chi connectivity index (χ1n) is 13.4. The van der Waals surface area contributed by atoms with Crippen molar-refractivity contribution < 1.29 is 22.8 Å². The van der Waals surface area contributed by atoms with E-state index < -0.39 is 35.4 Å². The first kappa shape index (κ1) is 28.0. The van der Waals surface area contributed by atoms with Gasteiger partial charge in [-0.15, -0.1) is 0 Å². The molecule has 2 amide bonds. The average Bonchev–Trinajstić information content (AvgIpc) is 3.41. The Morgan fingerprint density at radius 1 is 0.951 bits per heavy atom. The fourth-order valence-corrected chi connectivity index (χ4v) is 5.40. The number of halogens is 3. The molecular formula is C32H29F3N4O2. The maximum absolute atomic E-state index is 14.2. The number of hydrogen-bond donors (Lipinski definition) is 2. The Kier molecular flexibility index (Phi) is 8.45. The highest BCUT2D eigenvalue weighted by atomic mass is 19.1. The molecule has 41 heavy (non-hydrogen) atoms. The molecule has 0 radical (unpaired) electrons. The molecule has 1 saturated heterocycles. The number of nitrogens with two attached hydrogens (primary N) is 1. The average molecular weight is 559 g/mol. The van der Waals surface area contributed by atoms with Crippen LogP contribution in [0.2, 0.25) is 0 Å². The number of carbonyl (C=O) groups excluding carboxylic acids is 2. The van der Waals surface area contributed by atoms with E-state index in [1.165, 1.54) is 24.3 Å². The molecule has 9 heteroatoms. The van der Waals surface area contributed by atoms with E-state index in [1.54, 1.807) is 18.3 Å². The summed E-state index contributed by atoms with van der Waals surface area (Å²) in [7, 11) is 0. The first-order valence-corrected chi connectivity index (χ1v) is 13.4. The molecule has 0 aliphatic carbocycles. The van der Waals surface area contributed by atoms with Crippen LogP contribution < -0.4 is 11.1 Å². The van der Waals surface area contributed by atoms with E-state index in [0.29, 0.717) is 35.3 Å². The second kappa shape index (κ2) is 12.3. The van der Waals surface area contributed by atoms with Crippen LogP contribution in [-0.4, -0.2) is 34.3 Å². The Hall–Kier alpha value is -4.50. The number of likely N-dealkylation sites (tertiary alicyclic amines) is 1. The summed E-state index contributed by atoms with van der Waals surface area (Å²) in [5.74, 6) is -3.38. The molecule has 0 saturated carbocycles. The van der Waals surface area contributed by atoms with Crippen molar-refractivity contribution in [1.82, 2.24) is 15.2 Å². The van der Waals surface area contributed by atoms with E-state index >= 15 is 0 Å².